The number of urea groups is 1. The molecule has 1 atom stereocenters. The van der Waals surface area contributed by atoms with Crippen LogP contribution in [0.2, 0.25) is 0 Å². The second-order valence-electron chi connectivity index (χ2n) is 6.62. The van der Waals surface area contributed by atoms with Crippen molar-refractivity contribution in [1.29, 1.82) is 0 Å². The highest BCUT2D eigenvalue weighted by Crippen LogP contribution is 2.23. The summed E-state index contributed by atoms with van der Waals surface area (Å²) >= 11 is 0. The minimum absolute atomic E-state index is 0.0708. The van der Waals surface area contributed by atoms with E-state index in [1.54, 1.807) is 12.1 Å². The summed E-state index contributed by atoms with van der Waals surface area (Å²) in [5.74, 6) is 0. The van der Waals surface area contributed by atoms with E-state index in [0.29, 0.717) is 19.7 Å². The van der Waals surface area contributed by atoms with E-state index >= 15 is 0 Å². The van der Waals surface area contributed by atoms with Crippen LogP contribution in [0.1, 0.15) is 29.7 Å². The Balaban J connectivity index is 1.68. The average molecular weight is 388 g/mol. The molecule has 1 unspecified atom stereocenters. The van der Waals surface area contributed by atoms with Crippen LogP contribution < -0.4 is 4.72 Å². The van der Waals surface area contributed by atoms with Crippen LogP contribution in [0.3, 0.4) is 0 Å². The van der Waals surface area contributed by atoms with Gasteiger partial charge in [0.15, 0.2) is 0 Å². The van der Waals surface area contributed by atoms with Crippen molar-refractivity contribution in [2.75, 3.05) is 19.7 Å². The lowest BCUT2D eigenvalue weighted by Crippen LogP contribution is -2.48. The van der Waals surface area contributed by atoms with E-state index in [9.17, 15) is 13.2 Å². The Morgan fingerprint density at radius 2 is 1.81 bits per heavy atom. The van der Waals surface area contributed by atoms with Gasteiger partial charge in [-0.25, -0.2) is 17.9 Å². The summed E-state index contributed by atoms with van der Waals surface area (Å²) in [6.07, 6.45) is 0.689. The van der Waals surface area contributed by atoms with E-state index < -0.39 is 16.1 Å². The van der Waals surface area contributed by atoms with Crippen molar-refractivity contribution in [2.45, 2.75) is 31.3 Å². The number of ether oxygens (including phenoxy) is 1. The lowest BCUT2D eigenvalue weighted by atomic mass is 10.0. The molecular formula is C20H24N2O4S. The number of carbonyl (C=O) groups excluding carboxylic acids is 1. The molecule has 0 aromatic heterocycles. The third kappa shape index (κ3) is 4.67. The number of aryl methyl sites for hydroxylation is 2. The van der Waals surface area contributed by atoms with E-state index in [1.165, 1.54) is 22.6 Å². The first kappa shape index (κ1) is 19.4. The minimum atomic E-state index is -3.90. The molecule has 1 saturated heterocycles. The standard InChI is InChI=1S/C20H24N2O4S/c1-3-16-6-8-17(9-7-16)19-14-22(12-13-26-19)20(23)21-27(24,25)18-10-4-15(2)5-11-18/h4-11,19H,3,12-14H2,1-2H3,(H,21,23). The van der Waals surface area contributed by atoms with Gasteiger partial charge in [0.25, 0.3) is 10.0 Å². The highest BCUT2D eigenvalue weighted by molar-refractivity contribution is 7.90. The Morgan fingerprint density at radius 3 is 2.44 bits per heavy atom. The summed E-state index contributed by atoms with van der Waals surface area (Å²) in [7, 11) is -3.90. The van der Waals surface area contributed by atoms with Crippen molar-refractivity contribution in [3.8, 4) is 0 Å². The van der Waals surface area contributed by atoms with Gasteiger partial charge < -0.3 is 9.64 Å². The molecule has 0 saturated carbocycles. The summed E-state index contributed by atoms with van der Waals surface area (Å²) in [6.45, 7) is 4.97. The fourth-order valence-electron chi connectivity index (χ4n) is 2.96. The zero-order valence-electron chi connectivity index (χ0n) is 15.5. The van der Waals surface area contributed by atoms with E-state index in [4.69, 9.17) is 4.74 Å². The van der Waals surface area contributed by atoms with Gasteiger partial charge in [0, 0.05) is 6.54 Å². The van der Waals surface area contributed by atoms with Crippen molar-refractivity contribution < 1.29 is 17.9 Å². The quantitative estimate of drug-likeness (QED) is 0.874. The molecule has 2 aromatic rings. The summed E-state index contributed by atoms with van der Waals surface area (Å²) < 4.78 is 32.8. The van der Waals surface area contributed by atoms with Crippen molar-refractivity contribution in [1.82, 2.24) is 9.62 Å². The van der Waals surface area contributed by atoms with E-state index in [-0.39, 0.29) is 11.0 Å². The van der Waals surface area contributed by atoms with Crippen LogP contribution in [0.25, 0.3) is 0 Å². The Labute approximate surface area is 160 Å². The summed E-state index contributed by atoms with van der Waals surface area (Å²) in [5.41, 5.74) is 3.16. The fourth-order valence-corrected chi connectivity index (χ4v) is 3.93. The molecule has 1 aliphatic rings. The summed E-state index contributed by atoms with van der Waals surface area (Å²) in [4.78, 5) is 14.1. The first-order valence-electron chi connectivity index (χ1n) is 8.98. The van der Waals surface area contributed by atoms with Gasteiger partial charge >= 0.3 is 6.03 Å². The molecule has 0 bridgehead atoms. The van der Waals surface area contributed by atoms with Gasteiger partial charge in [-0.2, -0.15) is 0 Å². The Kier molecular flexibility index (Phi) is 5.82. The van der Waals surface area contributed by atoms with Gasteiger partial charge in [-0.05, 0) is 36.6 Å². The number of hydrogen-bond donors (Lipinski definition) is 1. The zero-order chi connectivity index (χ0) is 19.4. The van der Waals surface area contributed by atoms with Gasteiger partial charge in [0.1, 0.15) is 6.10 Å². The third-order valence-corrected chi connectivity index (χ3v) is 6.00. The molecule has 1 heterocycles. The van der Waals surface area contributed by atoms with Crippen LogP contribution in [-0.4, -0.2) is 39.0 Å². The molecule has 3 rings (SSSR count). The predicted molar refractivity (Wildman–Crippen MR) is 103 cm³/mol. The van der Waals surface area contributed by atoms with E-state index in [1.807, 2.05) is 31.2 Å². The molecule has 6 nitrogen and oxygen atoms in total. The van der Waals surface area contributed by atoms with E-state index in [2.05, 4.69) is 11.6 Å². The van der Waals surface area contributed by atoms with Gasteiger partial charge in [0.2, 0.25) is 0 Å². The van der Waals surface area contributed by atoms with Crippen LogP contribution in [0.15, 0.2) is 53.4 Å². The monoisotopic (exact) mass is 388 g/mol. The van der Waals surface area contributed by atoms with Gasteiger partial charge in [-0.3, -0.25) is 0 Å². The van der Waals surface area contributed by atoms with Crippen molar-refractivity contribution in [2.24, 2.45) is 0 Å². The molecule has 2 amide bonds. The molecule has 2 aromatic carbocycles. The maximum Gasteiger partial charge on any atom is 0.331 e. The average Bonchev–Trinajstić information content (AvgIpc) is 2.68. The third-order valence-electron chi connectivity index (χ3n) is 4.67. The highest BCUT2D eigenvalue weighted by atomic mass is 32.2. The second kappa shape index (κ2) is 8.10. The lowest BCUT2D eigenvalue weighted by molar-refractivity contribution is -0.0147. The van der Waals surface area contributed by atoms with Crippen LogP contribution >= 0.6 is 0 Å². The Bertz CT molecular complexity index is 893. The first-order valence-corrected chi connectivity index (χ1v) is 10.5. The van der Waals surface area contributed by atoms with Crippen LogP contribution in [0, 0.1) is 6.92 Å². The number of amides is 2. The number of benzene rings is 2. The van der Waals surface area contributed by atoms with Crippen molar-refractivity contribution in [3.05, 3.63) is 65.2 Å². The van der Waals surface area contributed by atoms with Crippen molar-refractivity contribution in [3.63, 3.8) is 0 Å². The maximum atomic E-state index is 12.5. The smallest absolute Gasteiger partial charge is 0.331 e. The Hall–Kier alpha value is -2.38. The topological polar surface area (TPSA) is 75.7 Å². The number of nitrogens with zero attached hydrogens (tertiary/aromatic N) is 1. The fraction of sp³-hybridized carbons (Fsp3) is 0.350. The van der Waals surface area contributed by atoms with Crippen LogP contribution in [-0.2, 0) is 21.2 Å². The number of carbonyl (C=O) groups is 1. The molecule has 0 radical (unpaired) electrons. The summed E-state index contributed by atoms with van der Waals surface area (Å²) in [6, 6.07) is 13.8. The molecule has 0 aliphatic carbocycles. The van der Waals surface area contributed by atoms with Gasteiger partial charge in [0.05, 0.1) is 18.0 Å². The van der Waals surface area contributed by atoms with E-state index in [0.717, 1.165) is 17.5 Å². The predicted octanol–water partition coefficient (Wildman–Crippen LogP) is 3.03. The van der Waals surface area contributed by atoms with Crippen LogP contribution in [0.4, 0.5) is 4.79 Å². The molecule has 27 heavy (non-hydrogen) atoms. The highest BCUT2D eigenvalue weighted by Gasteiger charge is 2.28. The zero-order valence-corrected chi connectivity index (χ0v) is 16.3. The SMILES string of the molecule is CCc1ccc(C2CN(C(=O)NS(=O)(=O)c3ccc(C)cc3)CCO2)cc1. The molecule has 1 N–H and O–H groups in total. The molecule has 1 fully saturated rings. The molecular weight excluding hydrogens is 364 g/mol. The molecule has 7 heteroatoms. The molecule has 144 valence electrons. The Morgan fingerprint density at radius 1 is 1.15 bits per heavy atom. The number of morpholine rings is 1. The van der Waals surface area contributed by atoms with Gasteiger partial charge in [-0.15, -0.1) is 0 Å². The summed E-state index contributed by atoms with van der Waals surface area (Å²) in [5, 5.41) is 0. The first-order chi connectivity index (χ1) is 12.9. The number of rotatable bonds is 4. The normalized spacial score (nSPS) is 17.6. The lowest BCUT2D eigenvalue weighted by Gasteiger charge is -2.33. The maximum absolute atomic E-state index is 12.5. The number of sulfonamides is 1. The second-order valence-corrected chi connectivity index (χ2v) is 8.31. The van der Waals surface area contributed by atoms with Gasteiger partial charge in [-0.1, -0.05) is 48.9 Å². The molecule has 0 spiro atoms. The van der Waals surface area contributed by atoms with Crippen LogP contribution in [0.5, 0.6) is 0 Å². The molecule has 1 aliphatic heterocycles. The number of nitrogens with one attached hydrogen (secondary N) is 1. The minimum Gasteiger partial charge on any atom is -0.370 e. The number of hydrogen-bond acceptors (Lipinski definition) is 4. The largest absolute Gasteiger partial charge is 0.370 e. The van der Waals surface area contributed by atoms with Crippen molar-refractivity contribution >= 4 is 16.1 Å².